The molecule has 138 valence electrons. The van der Waals surface area contributed by atoms with E-state index in [1.807, 2.05) is 11.5 Å². The third-order valence-corrected chi connectivity index (χ3v) is 4.73. The lowest BCUT2D eigenvalue weighted by Gasteiger charge is -2.19. The van der Waals surface area contributed by atoms with Crippen LogP contribution in [0.15, 0.2) is 36.9 Å². The Morgan fingerprint density at radius 3 is 2.78 bits per heavy atom. The summed E-state index contributed by atoms with van der Waals surface area (Å²) in [7, 11) is 0. The minimum atomic E-state index is -0.593. The van der Waals surface area contributed by atoms with Crippen LogP contribution in [0.25, 0.3) is 11.1 Å². The van der Waals surface area contributed by atoms with Crippen molar-refractivity contribution in [1.29, 1.82) is 0 Å². The first-order chi connectivity index (χ1) is 13.1. The zero-order valence-electron chi connectivity index (χ0n) is 14.9. The molecule has 0 saturated heterocycles. The van der Waals surface area contributed by atoms with Crippen molar-refractivity contribution >= 4 is 5.91 Å². The first-order valence-electron chi connectivity index (χ1n) is 8.91. The van der Waals surface area contributed by atoms with Crippen molar-refractivity contribution in [3.05, 3.63) is 59.9 Å². The van der Waals surface area contributed by atoms with Crippen LogP contribution in [0.1, 0.15) is 47.8 Å². The van der Waals surface area contributed by atoms with Gasteiger partial charge in [-0.05, 0) is 37.5 Å². The highest BCUT2D eigenvalue weighted by Crippen LogP contribution is 2.22. The number of fused-ring (bicyclic) bond motifs is 1. The molecule has 0 radical (unpaired) electrons. The van der Waals surface area contributed by atoms with Crippen LogP contribution in [0.2, 0.25) is 0 Å². The Kier molecular flexibility index (Phi) is 4.62. The molecule has 2 aromatic heterocycles. The molecule has 0 aliphatic carbocycles. The average molecular weight is 366 g/mol. The van der Waals surface area contributed by atoms with Gasteiger partial charge in [-0.2, -0.15) is 0 Å². The summed E-state index contributed by atoms with van der Waals surface area (Å²) < 4.78 is 16.6. The lowest BCUT2D eigenvalue weighted by Crippen LogP contribution is -2.30. The third-order valence-electron chi connectivity index (χ3n) is 4.73. The van der Waals surface area contributed by atoms with Crippen LogP contribution in [-0.4, -0.2) is 30.6 Å². The second-order valence-electron chi connectivity index (χ2n) is 6.60. The van der Waals surface area contributed by atoms with Crippen molar-refractivity contribution < 1.29 is 9.18 Å². The summed E-state index contributed by atoms with van der Waals surface area (Å²) in [5, 5.41) is 11.2. The normalized spacial score (nSPS) is 14.4. The molecule has 1 unspecified atom stereocenters. The Labute approximate surface area is 155 Å². The second kappa shape index (κ2) is 7.22. The number of nitrogens with one attached hydrogen (secondary N) is 1. The highest BCUT2D eigenvalue weighted by atomic mass is 19.1. The monoisotopic (exact) mass is 366 g/mol. The number of aromatic nitrogens is 5. The van der Waals surface area contributed by atoms with E-state index in [2.05, 4.69) is 25.5 Å². The van der Waals surface area contributed by atoms with Gasteiger partial charge >= 0.3 is 0 Å². The Morgan fingerprint density at radius 2 is 2.00 bits per heavy atom. The highest BCUT2D eigenvalue weighted by Gasteiger charge is 2.22. The van der Waals surface area contributed by atoms with Crippen molar-refractivity contribution in [3.63, 3.8) is 0 Å². The van der Waals surface area contributed by atoms with E-state index in [0.29, 0.717) is 17.0 Å². The van der Waals surface area contributed by atoms with Crippen LogP contribution < -0.4 is 5.32 Å². The Bertz CT molecular complexity index is 972. The Balaban J connectivity index is 1.52. The minimum Gasteiger partial charge on any atom is -0.342 e. The van der Waals surface area contributed by atoms with E-state index in [1.54, 1.807) is 18.5 Å². The average Bonchev–Trinajstić information content (AvgIpc) is 3.12. The summed E-state index contributed by atoms with van der Waals surface area (Å²) in [5.41, 5.74) is 1.29. The van der Waals surface area contributed by atoms with Crippen molar-refractivity contribution in [3.8, 4) is 11.1 Å². The molecular weight excluding hydrogens is 347 g/mol. The van der Waals surface area contributed by atoms with Gasteiger partial charge in [0.2, 0.25) is 0 Å². The van der Waals surface area contributed by atoms with E-state index in [-0.39, 0.29) is 11.6 Å². The van der Waals surface area contributed by atoms with Gasteiger partial charge in [0.15, 0.2) is 5.82 Å². The molecule has 0 fully saturated rings. The van der Waals surface area contributed by atoms with Gasteiger partial charge in [0.25, 0.3) is 5.91 Å². The first-order valence-corrected chi connectivity index (χ1v) is 8.91. The second-order valence-corrected chi connectivity index (χ2v) is 6.60. The Hall–Kier alpha value is -3.16. The molecule has 3 heterocycles. The molecule has 7 nitrogen and oxygen atoms in total. The van der Waals surface area contributed by atoms with Gasteiger partial charge in [-0.15, -0.1) is 10.2 Å². The molecule has 0 spiro atoms. The SMILES string of the molecule is CC(NC(=O)c1ccc(-c2cncnc2)cc1F)c1nnc2n1CCCC2. The lowest BCUT2D eigenvalue weighted by molar-refractivity contribution is 0.0933. The van der Waals surface area contributed by atoms with Crippen LogP contribution in [-0.2, 0) is 13.0 Å². The molecule has 1 amide bonds. The molecule has 4 rings (SSSR count). The first kappa shape index (κ1) is 17.3. The zero-order valence-corrected chi connectivity index (χ0v) is 14.9. The Morgan fingerprint density at radius 1 is 1.19 bits per heavy atom. The van der Waals surface area contributed by atoms with Gasteiger partial charge in [0.1, 0.15) is 18.0 Å². The van der Waals surface area contributed by atoms with Crippen LogP contribution in [0, 0.1) is 5.82 Å². The number of rotatable bonds is 4. The third kappa shape index (κ3) is 3.42. The zero-order chi connectivity index (χ0) is 18.8. The van der Waals surface area contributed by atoms with Crippen molar-refractivity contribution in [2.75, 3.05) is 0 Å². The molecule has 1 N–H and O–H groups in total. The summed E-state index contributed by atoms with van der Waals surface area (Å²) in [4.78, 5) is 20.4. The molecule has 1 aliphatic heterocycles. The molecule has 1 aromatic carbocycles. The molecule has 1 atom stereocenters. The van der Waals surface area contributed by atoms with Crippen molar-refractivity contribution in [2.24, 2.45) is 0 Å². The number of hydrogen-bond donors (Lipinski definition) is 1. The highest BCUT2D eigenvalue weighted by molar-refractivity contribution is 5.95. The van der Waals surface area contributed by atoms with Gasteiger partial charge in [0.05, 0.1) is 11.6 Å². The van der Waals surface area contributed by atoms with Gasteiger partial charge in [0, 0.05) is 30.9 Å². The maximum Gasteiger partial charge on any atom is 0.254 e. The van der Waals surface area contributed by atoms with E-state index in [1.165, 1.54) is 18.5 Å². The molecule has 1 aliphatic rings. The number of aryl methyl sites for hydroxylation is 1. The number of nitrogens with zero attached hydrogens (tertiary/aromatic N) is 5. The number of halogens is 1. The number of hydrogen-bond acceptors (Lipinski definition) is 5. The van der Waals surface area contributed by atoms with E-state index >= 15 is 0 Å². The number of carbonyl (C=O) groups is 1. The van der Waals surface area contributed by atoms with E-state index in [4.69, 9.17) is 0 Å². The summed E-state index contributed by atoms with van der Waals surface area (Å²) in [6.07, 6.45) is 7.66. The van der Waals surface area contributed by atoms with Crippen molar-refractivity contribution in [1.82, 2.24) is 30.0 Å². The fraction of sp³-hybridized carbons (Fsp3) is 0.316. The summed E-state index contributed by atoms with van der Waals surface area (Å²) in [5.74, 6) is 0.572. The van der Waals surface area contributed by atoms with Gasteiger partial charge in [-0.25, -0.2) is 14.4 Å². The molecule has 3 aromatic rings. The molecule has 0 bridgehead atoms. The van der Waals surface area contributed by atoms with E-state index in [9.17, 15) is 9.18 Å². The number of carbonyl (C=O) groups excluding carboxylic acids is 1. The van der Waals surface area contributed by atoms with Crippen LogP contribution in [0.4, 0.5) is 4.39 Å². The van der Waals surface area contributed by atoms with Crippen molar-refractivity contribution in [2.45, 2.75) is 38.8 Å². The number of benzene rings is 1. The summed E-state index contributed by atoms with van der Waals surface area (Å²) in [6, 6.07) is 4.11. The van der Waals surface area contributed by atoms with Crippen LogP contribution >= 0.6 is 0 Å². The largest absolute Gasteiger partial charge is 0.342 e. The van der Waals surface area contributed by atoms with E-state index < -0.39 is 11.7 Å². The van der Waals surface area contributed by atoms with E-state index in [0.717, 1.165) is 31.6 Å². The van der Waals surface area contributed by atoms with Gasteiger partial charge in [-0.3, -0.25) is 4.79 Å². The fourth-order valence-electron chi connectivity index (χ4n) is 3.32. The standard InChI is InChI=1S/C19H19FN6O/c1-12(18-25-24-17-4-2-3-7-26(17)18)23-19(27)15-6-5-13(8-16(15)20)14-9-21-11-22-10-14/h5-6,8-12H,2-4,7H2,1H3,(H,23,27). The summed E-state index contributed by atoms with van der Waals surface area (Å²) in [6.45, 7) is 2.68. The maximum absolute atomic E-state index is 14.5. The molecular formula is C19H19FN6O. The predicted molar refractivity (Wildman–Crippen MR) is 96.3 cm³/mol. The van der Waals surface area contributed by atoms with Crippen LogP contribution in [0.3, 0.4) is 0 Å². The number of amides is 1. The van der Waals surface area contributed by atoms with Crippen LogP contribution in [0.5, 0.6) is 0 Å². The molecule has 0 saturated carbocycles. The fourth-order valence-corrected chi connectivity index (χ4v) is 3.32. The van der Waals surface area contributed by atoms with Gasteiger partial charge in [-0.1, -0.05) is 6.07 Å². The topological polar surface area (TPSA) is 85.6 Å². The smallest absolute Gasteiger partial charge is 0.254 e. The quantitative estimate of drug-likeness (QED) is 0.767. The lowest BCUT2D eigenvalue weighted by atomic mass is 10.1. The predicted octanol–water partition coefficient (Wildman–Crippen LogP) is 2.70. The minimum absolute atomic E-state index is 0.0131. The maximum atomic E-state index is 14.5. The molecule has 8 heteroatoms. The summed E-state index contributed by atoms with van der Waals surface area (Å²) >= 11 is 0. The van der Waals surface area contributed by atoms with Gasteiger partial charge < -0.3 is 9.88 Å². The molecule has 27 heavy (non-hydrogen) atoms.